The van der Waals surface area contributed by atoms with Gasteiger partial charge in [-0.1, -0.05) is 52.0 Å². The van der Waals surface area contributed by atoms with Crippen LogP contribution in [0.15, 0.2) is 24.3 Å². The van der Waals surface area contributed by atoms with E-state index >= 15 is 0 Å². The van der Waals surface area contributed by atoms with E-state index in [1.807, 2.05) is 0 Å². The maximum Gasteiger partial charge on any atom is 0.0351 e. The van der Waals surface area contributed by atoms with Crippen LogP contribution in [-0.2, 0) is 12.0 Å². The summed E-state index contributed by atoms with van der Waals surface area (Å²) in [6.07, 6.45) is 0. The molecular weight excluding hydrogens is 230 g/mol. The Morgan fingerprint density at radius 2 is 1.71 bits per heavy atom. The Balaban J connectivity index is 2.68. The maximum absolute atomic E-state index is 5.78. The van der Waals surface area contributed by atoms with E-state index in [1.165, 1.54) is 11.1 Å². The van der Waals surface area contributed by atoms with Crippen molar-refractivity contribution >= 4 is 11.6 Å². The van der Waals surface area contributed by atoms with Crippen LogP contribution < -0.4 is 0 Å². The fourth-order valence-electron chi connectivity index (χ4n) is 1.84. The van der Waals surface area contributed by atoms with Crippen molar-refractivity contribution in [2.45, 2.75) is 39.7 Å². The first-order valence-corrected chi connectivity index (χ1v) is 6.88. The SMILES string of the molecule is CCN(CCCl)Cc1ccc(C(C)(C)C)cc1. The summed E-state index contributed by atoms with van der Waals surface area (Å²) in [6, 6.07) is 8.95. The zero-order valence-corrected chi connectivity index (χ0v) is 12.2. The largest absolute Gasteiger partial charge is 0.298 e. The van der Waals surface area contributed by atoms with Gasteiger partial charge in [-0.15, -0.1) is 11.6 Å². The Morgan fingerprint density at radius 1 is 1.12 bits per heavy atom. The zero-order chi connectivity index (χ0) is 12.9. The Kier molecular flexibility index (Phi) is 5.48. The lowest BCUT2D eigenvalue weighted by molar-refractivity contribution is 0.297. The molecule has 17 heavy (non-hydrogen) atoms. The summed E-state index contributed by atoms with van der Waals surface area (Å²) in [6.45, 7) is 11.9. The van der Waals surface area contributed by atoms with Crippen molar-refractivity contribution in [2.24, 2.45) is 0 Å². The van der Waals surface area contributed by atoms with Crippen LogP contribution in [0.3, 0.4) is 0 Å². The molecule has 1 rings (SSSR count). The van der Waals surface area contributed by atoms with Crippen LogP contribution >= 0.6 is 11.6 Å². The number of hydrogen-bond donors (Lipinski definition) is 0. The molecule has 0 unspecified atom stereocenters. The van der Waals surface area contributed by atoms with E-state index in [-0.39, 0.29) is 5.41 Å². The lowest BCUT2D eigenvalue weighted by Crippen LogP contribution is -2.25. The van der Waals surface area contributed by atoms with Gasteiger partial charge < -0.3 is 0 Å². The lowest BCUT2D eigenvalue weighted by Gasteiger charge is -2.21. The van der Waals surface area contributed by atoms with Gasteiger partial charge >= 0.3 is 0 Å². The molecule has 0 saturated heterocycles. The predicted molar refractivity (Wildman–Crippen MR) is 76.8 cm³/mol. The van der Waals surface area contributed by atoms with Crippen LogP contribution in [0.2, 0.25) is 0 Å². The van der Waals surface area contributed by atoms with E-state index in [4.69, 9.17) is 11.6 Å². The molecule has 0 aliphatic carbocycles. The quantitative estimate of drug-likeness (QED) is 0.716. The molecule has 0 N–H and O–H groups in total. The third-order valence-corrected chi connectivity index (χ3v) is 3.24. The Bertz CT molecular complexity index is 324. The molecule has 0 radical (unpaired) electrons. The predicted octanol–water partition coefficient (Wildman–Crippen LogP) is 4.04. The summed E-state index contributed by atoms with van der Waals surface area (Å²) in [4.78, 5) is 2.36. The van der Waals surface area contributed by atoms with Gasteiger partial charge in [-0.3, -0.25) is 4.90 Å². The molecule has 0 atom stereocenters. The van der Waals surface area contributed by atoms with Gasteiger partial charge in [0, 0.05) is 19.0 Å². The molecule has 0 aliphatic heterocycles. The van der Waals surface area contributed by atoms with Gasteiger partial charge in [0.25, 0.3) is 0 Å². The van der Waals surface area contributed by atoms with E-state index < -0.39 is 0 Å². The number of rotatable bonds is 5. The molecule has 0 fully saturated rings. The van der Waals surface area contributed by atoms with Crippen molar-refractivity contribution in [1.29, 1.82) is 0 Å². The van der Waals surface area contributed by atoms with Gasteiger partial charge in [0.15, 0.2) is 0 Å². The summed E-state index contributed by atoms with van der Waals surface area (Å²) in [5.41, 5.74) is 2.99. The number of alkyl halides is 1. The van der Waals surface area contributed by atoms with E-state index in [0.29, 0.717) is 5.88 Å². The highest BCUT2D eigenvalue weighted by Crippen LogP contribution is 2.22. The highest BCUT2D eigenvalue weighted by molar-refractivity contribution is 6.18. The van der Waals surface area contributed by atoms with Gasteiger partial charge in [-0.2, -0.15) is 0 Å². The summed E-state index contributed by atoms with van der Waals surface area (Å²) < 4.78 is 0. The van der Waals surface area contributed by atoms with E-state index in [1.54, 1.807) is 0 Å². The molecule has 0 saturated carbocycles. The Morgan fingerprint density at radius 3 is 2.12 bits per heavy atom. The Hall–Kier alpha value is -0.530. The van der Waals surface area contributed by atoms with Crippen molar-refractivity contribution in [2.75, 3.05) is 19.0 Å². The first-order valence-electron chi connectivity index (χ1n) is 6.35. The molecule has 0 aromatic heterocycles. The molecule has 0 bridgehead atoms. The number of benzene rings is 1. The topological polar surface area (TPSA) is 3.24 Å². The monoisotopic (exact) mass is 253 g/mol. The molecular formula is C15H24ClN. The first kappa shape index (κ1) is 14.5. The highest BCUT2D eigenvalue weighted by atomic mass is 35.5. The van der Waals surface area contributed by atoms with Crippen LogP contribution in [0.25, 0.3) is 0 Å². The van der Waals surface area contributed by atoms with Crippen LogP contribution in [0.4, 0.5) is 0 Å². The minimum atomic E-state index is 0.235. The number of nitrogens with zero attached hydrogens (tertiary/aromatic N) is 1. The summed E-state index contributed by atoms with van der Waals surface area (Å²) >= 11 is 5.78. The van der Waals surface area contributed by atoms with Gasteiger partial charge in [0.05, 0.1) is 0 Å². The van der Waals surface area contributed by atoms with E-state index in [9.17, 15) is 0 Å². The summed E-state index contributed by atoms with van der Waals surface area (Å²) in [5.74, 6) is 0.702. The number of hydrogen-bond acceptors (Lipinski definition) is 1. The van der Waals surface area contributed by atoms with Gasteiger partial charge in [0.1, 0.15) is 0 Å². The Labute approximate surface area is 111 Å². The van der Waals surface area contributed by atoms with Gasteiger partial charge in [-0.25, -0.2) is 0 Å². The second-order valence-electron chi connectivity index (χ2n) is 5.50. The molecule has 2 heteroatoms. The lowest BCUT2D eigenvalue weighted by atomic mass is 9.87. The van der Waals surface area contributed by atoms with Crippen molar-refractivity contribution in [3.8, 4) is 0 Å². The molecule has 1 aromatic rings. The fraction of sp³-hybridized carbons (Fsp3) is 0.600. The number of halogens is 1. The smallest absolute Gasteiger partial charge is 0.0351 e. The molecule has 1 aromatic carbocycles. The normalized spacial score (nSPS) is 12.1. The van der Waals surface area contributed by atoms with E-state index in [2.05, 4.69) is 56.9 Å². The van der Waals surface area contributed by atoms with Crippen molar-refractivity contribution in [3.05, 3.63) is 35.4 Å². The fourth-order valence-corrected chi connectivity index (χ4v) is 2.08. The van der Waals surface area contributed by atoms with Crippen LogP contribution in [-0.4, -0.2) is 23.9 Å². The minimum absolute atomic E-state index is 0.235. The molecule has 0 amide bonds. The average Bonchev–Trinajstić information content (AvgIpc) is 2.28. The molecule has 96 valence electrons. The standard InChI is InChI=1S/C15H24ClN/c1-5-17(11-10-16)12-13-6-8-14(9-7-13)15(2,3)4/h6-9H,5,10-12H2,1-4H3. The van der Waals surface area contributed by atoms with E-state index in [0.717, 1.165) is 19.6 Å². The maximum atomic E-state index is 5.78. The van der Waals surface area contributed by atoms with Gasteiger partial charge in [-0.05, 0) is 23.1 Å². The summed E-state index contributed by atoms with van der Waals surface area (Å²) in [7, 11) is 0. The van der Waals surface area contributed by atoms with Crippen LogP contribution in [0.1, 0.15) is 38.8 Å². The van der Waals surface area contributed by atoms with Crippen molar-refractivity contribution in [1.82, 2.24) is 4.90 Å². The highest BCUT2D eigenvalue weighted by Gasteiger charge is 2.13. The average molecular weight is 254 g/mol. The zero-order valence-electron chi connectivity index (χ0n) is 11.5. The molecule has 0 heterocycles. The molecule has 0 spiro atoms. The third-order valence-electron chi connectivity index (χ3n) is 3.07. The third kappa shape index (κ3) is 4.69. The second kappa shape index (κ2) is 6.42. The van der Waals surface area contributed by atoms with Gasteiger partial charge in [0.2, 0.25) is 0 Å². The summed E-state index contributed by atoms with van der Waals surface area (Å²) in [5, 5.41) is 0. The molecule has 0 aliphatic rings. The second-order valence-corrected chi connectivity index (χ2v) is 5.88. The minimum Gasteiger partial charge on any atom is -0.298 e. The van der Waals surface area contributed by atoms with Crippen molar-refractivity contribution in [3.63, 3.8) is 0 Å². The van der Waals surface area contributed by atoms with Crippen molar-refractivity contribution < 1.29 is 0 Å². The molecule has 1 nitrogen and oxygen atoms in total. The first-order chi connectivity index (χ1) is 7.97. The van der Waals surface area contributed by atoms with Crippen LogP contribution in [0.5, 0.6) is 0 Å². The van der Waals surface area contributed by atoms with Crippen LogP contribution in [0, 0.1) is 0 Å².